The summed E-state index contributed by atoms with van der Waals surface area (Å²) in [6, 6.07) is 16.3. The number of benzene rings is 2. The number of aliphatic imine (C=N–C) groups is 1. The van der Waals surface area contributed by atoms with Crippen LogP contribution < -0.4 is 10.1 Å². The van der Waals surface area contributed by atoms with Gasteiger partial charge in [-0.1, -0.05) is 30.3 Å². The lowest BCUT2D eigenvalue weighted by atomic mass is 10.2. The Labute approximate surface area is 200 Å². The molecule has 0 spiro atoms. The van der Waals surface area contributed by atoms with Gasteiger partial charge in [-0.15, -0.1) is 24.0 Å². The smallest absolute Gasteiger partial charge is 0.194 e. The molecule has 0 radical (unpaired) electrons. The maximum absolute atomic E-state index is 13.0. The van der Waals surface area contributed by atoms with Gasteiger partial charge in [-0.3, -0.25) is 0 Å². The molecule has 8 heteroatoms. The molecule has 0 atom stereocenters. The predicted molar refractivity (Wildman–Crippen MR) is 133 cm³/mol. The zero-order valence-corrected chi connectivity index (χ0v) is 20.2. The summed E-state index contributed by atoms with van der Waals surface area (Å²) in [7, 11) is 1.96. The minimum atomic E-state index is -0.272. The van der Waals surface area contributed by atoms with Crippen LogP contribution in [0.1, 0.15) is 18.3 Å². The number of nitrogens with one attached hydrogen (secondary N) is 1. The molecule has 0 aliphatic heterocycles. The van der Waals surface area contributed by atoms with Crippen LogP contribution >= 0.6 is 24.0 Å². The maximum Gasteiger partial charge on any atom is 0.194 e. The van der Waals surface area contributed by atoms with Crippen molar-refractivity contribution in [3.8, 4) is 5.75 Å². The monoisotopic (exact) mass is 537 g/mol. The number of halogens is 2. The lowest BCUT2D eigenvalue weighted by Crippen LogP contribution is -2.41. The predicted octanol–water partition coefficient (Wildman–Crippen LogP) is 4.16. The molecule has 0 saturated heterocycles. The minimum Gasteiger partial charge on any atom is -0.492 e. The summed E-state index contributed by atoms with van der Waals surface area (Å²) in [5.41, 5.74) is 1.22. The summed E-state index contributed by atoms with van der Waals surface area (Å²) in [5, 5.41) is 3.30. The van der Waals surface area contributed by atoms with Crippen molar-refractivity contribution in [2.45, 2.75) is 20.0 Å². The average molecular weight is 537 g/mol. The van der Waals surface area contributed by atoms with Crippen molar-refractivity contribution >= 4 is 29.9 Å². The Kier molecular flexibility index (Phi) is 10.3. The van der Waals surface area contributed by atoms with Crippen LogP contribution in [0.2, 0.25) is 0 Å². The van der Waals surface area contributed by atoms with Gasteiger partial charge >= 0.3 is 0 Å². The average Bonchev–Trinajstić information content (AvgIpc) is 3.20. The summed E-state index contributed by atoms with van der Waals surface area (Å²) in [6.45, 7) is 5.15. The van der Waals surface area contributed by atoms with Crippen molar-refractivity contribution in [3.05, 3.63) is 84.2 Å². The van der Waals surface area contributed by atoms with E-state index in [1.54, 1.807) is 18.3 Å². The molecule has 1 N–H and O–H groups in total. The molecule has 0 fully saturated rings. The summed E-state index contributed by atoms with van der Waals surface area (Å²) in [6.07, 6.45) is 3.78. The zero-order chi connectivity index (χ0) is 21.2. The highest BCUT2D eigenvalue weighted by Gasteiger charge is 2.08. The summed E-state index contributed by atoms with van der Waals surface area (Å²) < 4.78 is 20.8. The fraction of sp³-hybridized carbons (Fsp3) is 0.304. The van der Waals surface area contributed by atoms with E-state index in [0.717, 1.165) is 24.9 Å². The van der Waals surface area contributed by atoms with Gasteiger partial charge in [0.15, 0.2) is 5.96 Å². The fourth-order valence-corrected chi connectivity index (χ4v) is 2.97. The largest absolute Gasteiger partial charge is 0.492 e. The number of nitrogens with zero attached hydrogens (tertiary/aromatic N) is 4. The molecule has 6 nitrogen and oxygen atoms in total. The summed E-state index contributed by atoms with van der Waals surface area (Å²) in [5.74, 6) is 2.07. The highest BCUT2D eigenvalue weighted by Crippen LogP contribution is 2.11. The molecule has 0 bridgehead atoms. The number of hydrogen-bond acceptors (Lipinski definition) is 3. The molecule has 0 amide bonds. The standard InChI is InChI=1S/C23H28FN5O.HI/c1-3-25-23(28(2)15-16-30-21-11-9-20(24)10-12-21)27-17-22-26-13-14-29(22)18-19-7-5-4-6-8-19;/h4-14H,3,15-18H2,1-2H3,(H,25,27);1H. The molecular weight excluding hydrogens is 508 g/mol. The highest BCUT2D eigenvalue weighted by molar-refractivity contribution is 14.0. The Morgan fingerprint density at radius 1 is 1.16 bits per heavy atom. The number of imidazole rings is 1. The van der Waals surface area contributed by atoms with Crippen LogP contribution in [-0.2, 0) is 13.1 Å². The molecule has 0 unspecified atom stereocenters. The van der Waals surface area contributed by atoms with Gasteiger partial charge in [-0.2, -0.15) is 0 Å². The molecule has 1 aromatic heterocycles. The van der Waals surface area contributed by atoms with Crippen LogP contribution in [0.25, 0.3) is 0 Å². The molecule has 3 aromatic rings. The Morgan fingerprint density at radius 2 is 1.90 bits per heavy atom. The number of guanidine groups is 1. The van der Waals surface area contributed by atoms with Crippen LogP contribution in [0, 0.1) is 5.82 Å². The number of ether oxygens (including phenoxy) is 1. The van der Waals surface area contributed by atoms with Gasteiger partial charge < -0.3 is 19.5 Å². The second-order valence-electron chi connectivity index (χ2n) is 6.85. The third-order valence-electron chi connectivity index (χ3n) is 4.57. The van der Waals surface area contributed by atoms with E-state index in [2.05, 4.69) is 27.0 Å². The topological polar surface area (TPSA) is 54.7 Å². The first-order chi connectivity index (χ1) is 14.7. The molecule has 2 aromatic carbocycles. The maximum atomic E-state index is 13.0. The molecule has 0 aliphatic carbocycles. The summed E-state index contributed by atoms with van der Waals surface area (Å²) in [4.78, 5) is 11.2. The van der Waals surface area contributed by atoms with Gasteiger partial charge in [-0.05, 0) is 36.8 Å². The third-order valence-corrected chi connectivity index (χ3v) is 4.57. The first-order valence-electron chi connectivity index (χ1n) is 10.1. The van der Waals surface area contributed by atoms with E-state index in [1.165, 1.54) is 17.7 Å². The highest BCUT2D eigenvalue weighted by atomic mass is 127. The van der Waals surface area contributed by atoms with Crippen molar-refractivity contribution in [2.75, 3.05) is 26.7 Å². The van der Waals surface area contributed by atoms with E-state index in [1.807, 2.05) is 43.3 Å². The van der Waals surface area contributed by atoms with Crippen LogP contribution in [0.3, 0.4) is 0 Å². The van der Waals surface area contributed by atoms with E-state index < -0.39 is 0 Å². The van der Waals surface area contributed by atoms with E-state index >= 15 is 0 Å². The number of likely N-dealkylation sites (N-methyl/N-ethyl adjacent to an activating group) is 1. The second-order valence-corrected chi connectivity index (χ2v) is 6.85. The first kappa shape index (κ1) is 24.6. The van der Waals surface area contributed by atoms with Gasteiger partial charge in [0.1, 0.15) is 30.5 Å². The summed E-state index contributed by atoms with van der Waals surface area (Å²) >= 11 is 0. The van der Waals surface area contributed by atoms with E-state index in [9.17, 15) is 4.39 Å². The molecule has 0 aliphatic rings. The molecular formula is C23H29FIN5O. The van der Waals surface area contributed by atoms with Crippen molar-refractivity contribution < 1.29 is 9.13 Å². The van der Waals surface area contributed by atoms with E-state index in [4.69, 9.17) is 9.73 Å². The van der Waals surface area contributed by atoms with Crippen LogP contribution in [0.15, 0.2) is 72.0 Å². The van der Waals surface area contributed by atoms with Gasteiger partial charge in [0, 0.05) is 32.5 Å². The van der Waals surface area contributed by atoms with Crippen molar-refractivity contribution in [1.82, 2.24) is 19.8 Å². The molecule has 31 heavy (non-hydrogen) atoms. The lowest BCUT2D eigenvalue weighted by Gasteiger charge is -2.22. The molecule has 166 valence electrons. The first-order valence-corrected chi connectivity index (χ1v) is 10.1. The van der Waals surface area contributed by atoms with Gasteiger partial charge in [0.25, 0.3) is 0 Å². The van der Waals surface area contributed by atoms with Gasteiger partial charge in [0.2, 0.25) is 0 Å². The molecule has 3 rings (SSSR count). The SMILES string of the molecule is CCNC(=NCc1nccn1Cc1ccccc1)N(C)CCOc1ccc(F)cc1.I. The van der Waals surface area contributed by atoms with Gasteiger partial charge in [0.05, 0.1) is 6.54 Å². The minimum absolute atomic E-state index is 0. The Hall–Kier alpha value is -2.62. The number of rotatable bonds is 9. The Morgan fingerprint density at radius 3 is 2.61 bits per heavy atom. The van der Waals surface area contributed by atoms with Crippen molar-refractivity contribution in [3.63, 3.8) is 0 Å². The van der Waals surface area contributed by atoms with Crippen molar-refractivity contribution in [2.24, 2.45) is 4.99 Å². The molecule has 1 heterocycles. The van der Waals surface area contributed by atoms with Crippen LogP contribution in [0.5, 0.6) is 5.75 Å². The Bertz CT molecular complexity index is 931. The van der Waals surface area contributed by atoms with Crippen molar-refractivity contribution in [1.29, 1.82) is 0 Å². The lowest BCUT2D eigenvalue weighted by molar-refractivity contribution is 0.281. The number of hydrogen-bond donors (Lipinski definition) is 1. The third kappa shape index (κ3) is 7.86. The normalized spacial score (nSPS) is 11.0. The quantitative estimate of drug-likeness (QED) is 0.253. The van der Waals surface area contributed by atoms with Crippen LogP contribution in [0.4, 0.5) is 4.39 Å². The number of aromatic nitrogens is 2. The van der Waals surface area contributed by atoms with Crippen LogP contribution in [-0.4, -0.2) is 47.2 Å². The zero-order valence-electron chi connectivity index (χ0n) is 17.9. The molecule has 0 saturated carbocycles. The van der Waals surface area contributed by atoms with Gasteiger partial charge in [-0.25, -0.2) is 14.4 Å². The second kappa shape index (κ2) is 12.9. The van der Waals surface area contributed by atoms with E-state index in [0.29, 0.717) is 25.4 Å². The van der Waals surface area contributed by atoms with E-state index in [-0.39, 0.29) is 29.8 Å². The fourth-order valence-electron chi connectivity index (χ4n) is 2.97. The Balaban J connectivity index is 0.00000341.